The number of aryl methyl sites for hydroxylation is 2. The van der Waals surface area contributed by atoms with Crippen molar-refractivity contribution in [2.75, 3.05) is 7.05 Å². The molecule has 1 fully saturated rings. The fraction of sp³-hybridized carbons (Fsp3) is 0.600. The number of hydrogen-bond donors (Lipinski definition) is 1. The van der Waals surface area contributed by atoms with Crippen molar-refractivity contribution >= 4 is 0 Å². The van der Waals surface area contributed by atoms with Crippen LogP contribution in [0.4, 0.5) is 0 Å². The summed E-state index contributed by atoms with van der Waals surface area (Å²) >= 11 is 0. The Morgan fingerprint density at radius 2 is 1.88 bits per heavy atom. The highest BCUT2D eigenvalue weighted by molar-refractivity contribution is 5.34. The van der Waals surface area contributed by atoms with Crippen LogP contribution in [0.1, 0.15) is 36.0 Å². The minimum Gasteiger partial charge on any atom is -0.317 e. The van der Waals surface area contributed by atoms with Gasteiger partial charge in [-0.05, 0) is 56.3 Å². The van der Waals surface area contributed by atoms with Gasteiger partial charge in [0.15, 0.2) is 0 Å². The maximum Gasteiger partial charge on any atom is 0.0107 e. The van der Waals surface area contributed by atoms with E-state index in [4.69, 9.17) is 0 Å². The number of hydrogen-bond acceptors (Lipinski definition) is 1. The molecule has 1 aliphatic rings. The Morgan fingerprint density at radius 1 is 1.25 bits per heavy atom. The topological polar surface area (TPSA) is 12.0 Å². The summed E-state index contributed by atoms with van der Waals surface area (Å²) in [6.45, 7) is 4.46. The van der Waals surface area contributed by atoms with Gasteiger partial charge in [-0.1, -0.05) is 31.0 Å². The smallest absolute Gasteiger partial charge is 0.0107 e. The number of likely N-dealkylation sites (N-methyl/N-ethyl adjacent to an activating group) is 1. The molecule has 1 N–H and O–H groups in total. The predicted octanol–water partition coefficient (Wildman–Crippen LogP) is 3.23. The van der Waals surface area contributed by atoms with Crippen molar-refractivity contribution < 1.29 is 0 Å². The van der Waals surface area contributed by atoms with Gasteiger partial charge in [0.2, 0.25) is 0 Å². The summed E-state index contributed by atoms with van der Waals surface area (Å²) in [4.78, 5) is 0. The van der Waals surface area contributed by atoms with Crippen molar-refractivity contribution in [2.45, 2.75) is 45.6 Å². The van der Waals surface area contributed by atoms with Crippen molar-refractivity contribution in [3.05, 3.63) is 34.9 Å². The molecule has 0 saturated heterocycles. The van der Waals surface area contributed by atoms with E-state index in [9.17, 15) is 0 Å². The molecule has 0 radical (unpaired) electrons. The van der Waals surface area contributed by atoms with E-state index in [0.717, 1.165) is 5.92 Å². The highest BCUT2D eigenvalue weighted by atomic mass is 14.9. The normalized spacial score (nSPS) is 17.4. The van der Waals surface area contributed by atoms with Gasteiger partial charge >= 0.3 is 0 Å². The average molecular weight is 217 g/mol. The summed E-state index contributed by atoms with van der Waals surface area (Å²) in [7, 11) is 2.10. The number of nitrogens with one attached hydrogen (secondary N) is 1. The van der Waals surface area contributed by atoms with E-state index in [2.05, 4.69) is 44.4 Å². The van der Waals surface area contributed by atoms with Gasteiger partial charge in [-0.3, -0.25) is 0 Å². The average Bonchev–Trinajstić information content (AvgIpc) is 3.06. The van der Waals surface area contributed by atoms with Gasteiger partial charge in [-0.2, -0.15) is 0 Å². The highest BCUT2D eigenvalue weighted by Crippen LogP contribution is 2.34. The van der Waals surface area contributed by atoms with Crippen LogP contribution in [0, 0.1) is 19.8 Å². The first-order valence-corrected chi connectivity index (χ1v) is 6.43. The molecule has 1 unspecified atom stereocenters. The zero-order chi connectivity index (χ0) is 11.5. The molecule has 1 heteroatoms. The van der Waals surface area contributed by atoms with Gasteiger partial charge in [0, 0.05) is 6.04 Å². The summed E-state index contributed by atoms with van der Waals surface area (Å²) in [5.41, 5.74) is 4.43. The summed E-state index contributed by atoms with van der Waals surface area (Å²) in [6.07, 6.45) is 5.44. The lowest BCUT2D eigenvalue weighted by molar-refractivity contribution is 0.489. The predicted molar refractivity (Wildman–Crippen MR) is 69.8 cm³/mol. The van der Waals surface area contributed by atoms with Crippen LogP contribution in [-0.2, 0) is 6.42 Å². The van der Waals surface area contributed by atoms with Crippen LogP contribution in [0.25, 0.3) is 0 Å². The van der Waals surface area contributed by atoms with Crippen molar-refractivity contribution in [3.8, 4) is 0 Å². The third-order valence-corrected chi connectivity index (χ3v) is 3.82. The maximum absolute atomic E-state index is 3.48. The van der Waals surface area contributed by atoms with Crippen molar-refractivity contribution in [3.63, 3.8) is 0 Å². The molecule has 0 amide bonds. The van der Waals surface area contributed by atoms with E-state index in [1.807, 2.05) is 0 Å². The van der Waals surface area contributed by atoms with Crippen LogP contribution in [0.15, 0.2) is 18.2 Å². The lowest BCUT2D eigenvalue weighted by atomic mass is 9.94. The zero-order valence-corrected chi connectivity index (χ0v) is 10.7. The first-order chi connectivity index (χ1) is 7.70. The molecule has 0 aromatic heterocycles. The molecule has 88 valence electrons. The number of rotatable bonds is 5. The Kier molecular flexibility index (Phi) is 3.65. The van der Waals surface area contributed by atoms with Gasteiger partial charge in [-0.25, -0.2) is 0 Å². The van der Waals surface area contributed by atoms with Crippen molar-refractivity contribution in [1.82, 2.24) is 5.32 Å². The van der Waals surface area contributed by atoms with E-state index >= 15 is 0 Å². The molecule has 1 aromatic carbocycles. The molecule has 0 aliphatic heterocycles. The third kappa shape index (κ3) is 2.85. The van der Waals surface area contributed by atoms with Gasteiger partial charge in [0.1, 0.15) is 0 Å². The molecule has 1 aromatic rings. The molecule has 0 heterocycles. The van der Waals surface area contributed by atoms with Crippen LogP contribution in [0.5, 0.6) is 0 Å². The van der Waals surface area contributed by atoms with Crippen LogP contribution in [0.3, 0.4) is 0 Å². The Labute approximate surface area is 99.3 Å². The molecule has 0 bridgehead atoms. The summed E-state index contributed by atoms with van der Waals surface area (Å²) in [6, 6.07) is 7.27. The Balaban J connectivity index is 2.05. The molecule has 1 aliphatic carbocycles. The third-order valence-electron chi connectivity index (χ3n) is 3.82. The Hall–Kier alpha value is -0.820. The van der Waals surface area contributed by atoms with Gasteiger partial charge in [0.25, 0.3) is 0 Å². The van der Waals surface area contributed by atoms with Gasteiger partial charge in [-0.15, -0.1) is 0 Å². The van der Waals surface area contributed by atoms with E-state index in [-0.39, 0.29) is 0 Å². The fourth-order valence-electron chi connectivity index (χ4n) is 2.48. The van der Waals surface area contributed by atoms with Crippen LogP contribution in [-0.4, -0.2) is 13.1 Å². The quantitative estimate of drug-likeness (QED) is 0.798. The van der Waals surface area contributed by atoms with Gasteiger partial charge < -0.3 is 5.32 Å². The maximum atomic E-state index is 3.48. The SMILES string of the molecule is CNC(Cc1c(C)cccc1C)CC1CC1. The van der Waals surface area contributed by atoms with Crippen LogP contribution in [0.2, 0.25) is 0 Å². The molecule has 0 spiro atoms. The summed E-state index contributed by atoms with van der Waals surface area (Å²) in [5, 5.41) is 3.48. The second-order valence-corrected chi connectivity index (χ2v) is 5.24. The standard InChI is InChI=1S/C15H23N/c1-11-5-4-6-12(2)15(11)10-14(16-3)9-13-7-8-13/h4-6,13-14,16H,7-10H2,1-3H3. The lowest BCUT2D eigenvalue weighted by Crippen LogP contribution is -2.28. The second-order valence-electron chi connectivity index (χ2n) is 5.24. The van der Waals surface area contributed by atoms with E-state index < -0.39 is 0 Å². The fourth-order valence-corrected chi connectivity index (χ4v) is 2.48. The first kappa shape index (κ1) is 11.7. The lowest BCUT2D eigenvalue weighted by Gasteiger charge is -2.18. The number of benzene rings is 1. The van der Waals surface area contributed by atoms with E-state index in [0.29, 0.717) is 6.04 Å². The summed E-state index contributed by atoms with van der Waals surface area (Å²) in [5.74, 6) is 1.00. The molecule has 16 heavy (non-hydrogen) atoms. The molecular formula is C15H23N. The second kappa shape index (κ2) is 5.01. The molecular weight excluding hydrogens is 194 g/mol. The molecule has 1 saturated carbocycles. The minimum absolute atomic E-state index is 0.660. The Bertz CT molecular complexity index is 332. The largest absolute Gasteiger partial charge is 0.317 e. The van der Waals surface area contributed by atoms with Crippen molar-refractivity contribution in [1.29, 1.82) is 0 Å². The van der Waals surface area contributed by atoms with Crippen LogP contribution < -0.4 is 5.32 Å². The van der Waals surface area contributed by atoms with Crippen molar-refractivity contribution in [2.24, 2.45) is 5.92 Å². The monoisotopic (exact) mass is 217 g/mol. The molecule has 2 rings (SSSR count). The first-order valence-electron chi connectivity index (χ1n) is 6.43. The Morgan fingerprint density at radius 3 is 2.38 bits per heavy atom. The van der Waals surface area contributed by atoms with E-state index in [1.165, 1.54) is 36.8 Å². The minimum atomic E-state index is 0.660. The molecule has 1 nitrogen and oxygen atoms in total. The highest BCUT2D eigenvalue weighted by Gasteiger charge is 2.25. The van der Waals surface area contributed by atoms with Gasteiger partial charge in [0.05, 0.1) is 0 Å². The zero-order valence-electron chi connectivity index (χ0n) is 10.7. The van der Waals surface area contributed by atoms with Crippen LogP contribution >= 0.6 is 0 Å². The van der Waals surface area contributed by atoms with E-state index in [1.54, 1.807) is 5.56 Å². The molecule has 1 atom stereocenters. The summed E-state index contributed by atoms with van der Waals surface area (Å²) < 4.78 is 0.